The van der Waals surface area contributed by atoms with Crippen molar-refractivity contribution in [1.82, 2.24) is 15.1 Å². The summed E-state index contributed by atoms with van der Waals surface area (Å²) >= 11 is 0. The lowest BCUT2D eigenvalue weighted by Crippen LogP contribution is -2.35. The van der Waals surface area contributed by atoms with Crippen LogP contribution in [0.25, 0.3) is 10.9 Å². The van der Waals surface area contributed by atoms with Crippen molar-refractivity contribution < 1.29 is 0 Å². The van der Waals surface area contributed by atoms with Crippen LogP contribution in [-0.4, -0.2) is 22.4 Å². The third-order valence-electron chi connectivity index (χ3n) is 4.68. The zero-order chi connectivity index (χ0) is 14.9. The van der Waals surface area contributed by atoms with Crippen molar-refractivity contribution in [1.29, 1.82) is 0 Å². The Kier molecular flexibility index (Phi) is 4.03. The van der Waals surface area contributed by atoms with Crippen molar-refractivity contribution in [3.05, 3.63) is 30.0 Å². The molecule has 1 saturated carbocycles. The van der Waals surface area contributed by atoms with Crippen LogP contribution in [-0.2, 0) is 13.5 Å². The first kappa shape index (κ1) is 14.6. The fourth-order valence-electron chi connectivity index (χ4n) is 3.34. The number of fused-ring (bicyclic) bond motifs is 1. The van der Waals surface area contributed by atoms with E-state index in [1.807, 2.05) is 11.7 Å². The summed E-state index contributed by atoms with van der Waals surface area (Å²) in [5.74, 6) is 0. The van der Waals surface area contributed by atoms with Crippen molar-refractivity contribution >= 4 is 10.9 Å². The summed E-state index contributed by atoms with van der Waals surface area (Å²) in [7, 11) is 2.05. The molecule has 2 aromatic rings. The smallest absolute Gasteiger partial charge is 0.0709 e. The van der Waals surface area contributed by atoms with Gasteiger partial charge in [0.25, 0.3) is 0 Å². The van der Waals surface area contributed by atoms with Gasteiger partial charge in [0.1, 0.15) is 0 Å². The Morgan fingerprint density at radius 1 is 1.33 bits per heavy atom. The zero-order valence-corrected chi connectivity index (χ0v) is 13.5. The lowest BCUT2D eigenvalue weighted by Gasteiger charge is -2.29. The second-order valence-corrected chi connectivity index (χ2v) is 6.98. The summed E-state index contributed by atoms with van der Waals surface area (Å²) in [6, 6.07) is 9.35. The van der Waals surface area contributed by atoms with Crippen molar-refractivity contribution in [3.63, 3.8) is 0 Å². The molecule has 0 amide bonds. The molecular formula is C18H27N3. The average Bonchev–Trinajstić information content (AvgIpc) is 3.24. The minimum atomic E-state index is 0.300. The van der Waals surface area contributed by atoms with Crippen molar-refractivity contribution in [2.75, 3.05) is 6.54 Å². The molecule has 1 unspecified atom stereocenters. The van der Waals surface area contributed by atoms with E-state index < -0.39 is 0 Å². The third-order valence-corrected chi connectivity index (χ3v) is 4.68. The van der Waals surface area contributed by atoms with Gasteiger partial charge in [-0.2, -0.15) is 5.10 Å². The van der Waals surface area contributed by atoms with E-state index in [0.29, 0.717) is 5.41 Å². The molecular weight excluding hydrogens is 258 g/mol. The molecule has 1 heterocycles. The van der Waals surface area contributed by atoms with Crippen LogP contribution in [0.4, 0.5) is 0 Å². The van der Waals surface area contributed by atoms with Crippen LogP contribution in [0.3, 0.4) is 0 Å². The number of nitrogens with one attached hydrogen (secondary N) is 1. The number of benzene rings is 1. The number of nitrogens with zero attached hydrogens (tertiary/aromatic N) is 2. The first-order valence-electron chi connectivity index (χ1n) is 8.25. The van der Waals surface area contributed by atoms with Gasteiger partial charge in [-0.15, -0.1) is 0 Å². The minimum absolute atomic E-state index is 0.300. The fraction of sp³-hybridized carbons (Fsp3) is 0.611. The molecule has 0 bridgehead atoms. The van der Waals surface area contributed by atoms with E-state index in [0.717, 1.165) is 19.0 Å². The summed E-state index contributed by atoms with van der Waals surface area (Å²) < 4.78 is 2.02. The van der Waals surface area contributed by atoms with E-state index in [9.17, 15) is 0 Å². The van der Waals surface area contributed by atoms with Gasteiger partial charge >= 0.3 is 0 Å². The van der Waals surface area contributed by atoms with Crippen LogP contribution >= 0.6 is 0 Å². The Bertz CT molecular complexity index is 612. The molecule has 3 rings (SSSR count). The van der Waals surface area contributed by atoms with Gasteiger partial charge in [0, 0.05) is 25.0 Å². The number of hydrogen-bond acceptors (Lipinski definition) is 2. The van der Waals surface area contributed by atoms with E-state index in [1.54, 1.807) is 0 Å². The van der Waals surface area contributed by atoms with Gasteiger partial charge < -0.3 is 5.32 Å². The lowest BCUT2D eigenvalue weighted by molar-refractivity contribution is 0.271. The van der Waals surface area contributed by atoms with Gasteiger partial charge in [-0.05, 0) is 37.2 Å². The summed E-state index contributed by atoms with van der Waals surface area (Å²) in [5.41, 5.74) is 2.79. The Labute approximate surface area is 127 Å². The number of aryl methyl sites for hydroxylation is 1. The number of rotatable bonds is 7. The largest absolute Gasteiger partial charge is 0.313 e. The normalized spacial score (nSPS) is 18.0. The maximum Gasteiger partial charge on any atom is 0.0709 e. The van der Waals surface area contributed by atoms with Crippen LogP contribution < -0.4 is 5.32 Å². The first-order chi connectivity index (χ1) is 10.1. The second kappa shape index (κ2) is 5.80. The SMILES string of the molecule is CCCC(C)(CNC1CC1)Cc1nn(C)c2ccccc12. The Balaban J connectivity index is 1.82. The molecule has 0 radical (unpaired) electrons. The monoisotopic (exact) mass is 285 g/mol. The Morgan fingerprint density at radius 3 is 2.81 bits per heavy atom. The van der Waals surface area contributed by atoms with Crippen molar-refractivity contribution in [3.8, 4) is 0 Å². The number of hydrogen-bond donors (Lipinski definition) is 1. The average molecular weight is 285 g/mol. The van der Waals surface area contributed by atoms with Gasteiger partial charge in [0.05, 0.1) is 11.2 Å². The number of para-hydroxylation sites is 1. The molecule has 1 aromatic heterocycles. The van der Waals surface area contributed by atoms with Crippen LogP contribution in [0.5, 0.6) is 0 Å². The first-order valence-corrected chi connectivity index (χ1v) is 8.25. The standard InChI is InChI=1S/C18H27N3/c1-4-11-18(2,13-19-14-9-10-14)12-16-15-7-5-6-8-17(15)21(3)20-16/h5-8,14,19H,4,9-13H2,1-3H3. The molecule has 0 spiro atoms. The summed E-state index contributed by atoms with van der Waals surface area (Å²) in [4.78, 5) is 0. The highest BCUT2D eigenvalue weighted by Crippen LogP contribution is 2.31. The Morgan fingerprint density at radius 2 is 2.10 bits per heavy atom. The van der Waals surface area contributed by atoms with Crippen molar-refractivity contribution in [2.45, 2.75) is 52.0 Å². The highest BCUT2D eigenvalue weighted by Gasteiger charge is 2.29. The molecule has 0 saturated heterocycles. The maximum absolute atomic E-state index is 4.79. The van der Waals surface area contributed by atoms with Gasteiger partial charge in [-0.1, -0.05) is 38.5 Å². The van der Waals surface area contributed by atoms with E-state index >= 15 is 0 Å². The molecule has 3 heteroatoms. The summed E-state index contributed by atoms with van der Waals surface area (Å²) in [5, 5.41) is 9.82. The molecule has 21 heavy (non-hydrogen) atoms. The predicted molar refractivity (Wildman–Crippen MR) is 88.5 cm³/mol. The molecule has 1 aliphatic carbocycles. The Hall–Kier alpha value is -1.35. The molecule has 1 atom stereocenters. The molecule has 3 nitrogen and oxygen atoms in total. The molecule has 1 N–H and O–H groups in total. The van der Waals surface area contributed by atoms with Crippen LogP contribution in [0.2, 0.25) is 0 Å². The van der Waals surface area contributed by atoms with E-state index in [-0.39, 0.29) is 0 Å². The number of aromatic nitrogens is 2. The molecule has 1 aliphatic rings. The highest BCUT2D eigenvalue weighted by atomic mass is 15.3. The predicted octanol–water partition coefficient (Wildman–Crippen LogP) is 3.67. The highest BCUT2D eigenvalue weighted by molar-refractivity contribution is 5.81. The fourth-order valence-corrected chi connectivity index (χ4v) is 3.34. The van der Waals surface area contributed by atoms with E-state index in [2.05, 4.69) is 43.4 Å². The molecule has 1 aromatic carbocycles. The molecule has 114 valence electrons. The zero-order valence-electron chi connectivity index (χ0n) is 13.5. The van der Waals surface area contributed by atoms with Gasteiger partial charge in [0.15, 0.2) is 0 Å². The molecule has 1 fully saturated rings. The third kappa shape index (κ3) is 3.29. The minimum Gasteiger partial charge on any atom is -0.313 e. The molecule has 0 aliphatic heterocycles. The van der Waals surface area contributed by atoms with Gasteiger partial charge in [-0.25, -0.2) is 0 Å². The summed E-state index contributed by atoms with van der Waals surface area (Å²) in [6.45, 7) is 5.80. The summed E-state index contributed by atoms with van der Waals surface area (Å²) in [6.07, 6.45) is 6.25. The van der Waals surface area contributed by atoms with Gasteiger partial charge in [0.2, 0.25) is 0 Å². The van der Waals surface area contributed by atoms with E-state index in [1.165, 1.54) is 42.3 Å². The van der Waals surface area contributed by atoms with E-state index in [4.69, 9.17) is 5.10 Å². The maximum atomic E-state index is 4.79. The van der Waals surface area contributed by atoms with Crippen molar-refractivity contribution in [2.24, 2.45) is 12.5 Å². The van der Waals surface area contributed by atoms with Crippen LogP contribution in [0, 0.1) is 5.41 Å². The van der Waals surface area contributed by atoms with Crippen LogP contribution in [0.1, 0.15) is 45.2 Å². The quantitative estimate of drug-likeness (QED) is 0.841. The second-order valence-electron chi connectivity index (χ2n) is 6.98. The van der Waals surface area contributed by atoms with Crippen LogP contribution in [0.15, 0.2) is 24.3 Å². The van der Waals surface area contributed by atoms with Gasteiger partial charge in [-0.3, -0.25) is 4.68 Å². The lowest BCUT2D eigenvalue weighted by atomic mass is 9.80. The topological polar surface area (TPSA) is 29.9 Å².